The molecule has 0 aromatic carbocycles. The Morgan fingerprint density at radius 1 is 0.786 bits per heavy atom. The molecule has 0 spiro atoms. The number of rotatable bonds is 8. The Morgan fingerprint density at radius 3 is 1.71 bits per heavy atom. The highest BCUT2D eigenvalue weighted by Crippen LogP contribution is 2.12. The fourth-order valence-electron chi connectivity index (χ4n) is 1.26. The first-order valence-corrected chi connectivity index (χ1v) is 4.79. The molecule has 14 heavy (non-hydrogen) atoms. The lowest BCUT2D eigenvalue weighted by Gasteiger charge is -2.22. The highest BCUT2D eigenvalue weighted by Gasteiger charge is 2.17. The molecule has 0 amide bonds. The van der Waals surface area contributed by atoms with E-state index in [1.165, 1.54) is 0 Å². The number of hydrogen-bond donors (Lipinski definition) is 0. The molecule has 4 nitrogen and oxygen atoms in total. The average molecular weight is 206 g/mol. The minimum Gasteiger partial charge on any atom is -0.382 e. The van der Waals surface area contributed by atoms with Gasteiger partial charge >= 0.3 is 0 Å². The van der Waals surface area contributed by atoms with E-state index in [4.69, 9.17) is 18.9 Å². The van der Waals surface area contributed by atoms with Crippen molar-refractivity contribution in [3.8, 4) is 0 Å². The van der Waals surface area contributed by atoms with Gasteiger partial charge in [0.15, 0.2) is 6.29 Å². The van der Waals surface area contributed by atoms with Gasteiger partial charge in [-0.25, -0.2) is 0 Å². The highest BCUT2D eigenvalue weighted by atomic mass is 16.7. The first kappa shape index (κ1) is 13.8. The monoisotopic (exact) mass is 206 g/mol. The van der Waals surface area contributed by atoms with E-state index < -0.39 is 0 Å². The number of ether oxygens (including phenoxy) is 4. The maximum atomic E-state index is 5.32. The lowest BCUT2D eigenvalue weighted by molar-refractivity contribution is -0.130. The zero-order valence-electron chi connectivity index (χ0n) is 9.78. The molecule has 0 heterocycles. The van der Waals surface area contributed by atoms with Gasteiger partial charge in [-0.2, -0.15) is 0 Å². The third-order valence-electron chi connectivity index (χ3n) is 2.31. The van der Waals surface area contributed by atoms with Crippen molar-refractivity contribution in [1.29, 1.82) is 0 Å². The van der Waals surface area contributed by atoms with Gasteiger partial charge in [0.1, 0.15) is 0 Å². The molecular weight excluding hydrogens is 184 g/mol. The first-order chi connectivity index (χ1) is 6.67. The van der Waals surface area contributed by atoms with Crippen molar-refractivity contribution in [1.82, 2.24) is 0 Å². The molecule has 0 N–H and O–H groups in total. The van der Waals surface area contributed by atoms with Crippen LogP contribution < -0.4 is 0 Å². The Labute approximate surface area is 86.5 Å². The average Bonchev–Trinajstić information content (AvgIpc) is 2.23. The molecule has 0 aromatic rings. The van der Waals surface area contributed by atoms with Crippen LogP contribution in [0.25, 0.3) is 0 Å². The van der Waals surface area contributed by atoms with Crippen LogP contribution in [0.2, 0.25) is 0 Å². The molecule has 86 valence electrons. The highest BCUT2D eigenvalue weighted by molar-refractivity contribution is 4.64. The molecule has 4 heteroatoms. The SMILES string of the molecule is COC(C[C@H](C[C@H](C)OC)OC)OC. The smallest absolute Gasteiger partial charge is 0.159 e. The summed E-state index contributed by atoms with van der Waals surface area (Å²) in [6.45, 7) is 2.01. The normalized spacial score (nSPS) is 15.9. The van der Waals surface area contributed by atoms with Crippen molar-refractivity contribution < 1.29 is 18.9 Å². The van der Waals surface area contributed by atoms with E-state index in [9.17, 15) is 0 Å². The Bertz CT molecular complexity index is 125. The van der Waals surface area contributed by atoms with E-state index in [0.717, 1.165) is 12.8 Å². The Kier molecular flexibility index (Phi) is 8.08. The van der Waals surface area contributed by atoms with Crippen LogP contribution in [0.3, 0.4) is 0 Å². The summed E-state index contributed by atoms with van der Waals surface area (Å²) < 4.78 is 20.7. The molecule has 2 atom stereocenters. The Balaban J connectivity index is 3.88. The molecule has 0 saturated heterocycles. The van der Waals surface area contributed by atoms with Crippen molar-refractivity contribution in [3.63, 3.8) is 0 Å². The van der Waals surface area contributed by atoms with Crippen LogP contribution in [0.4, 0.5) is 0 Å². The third-order valence-corrected chi connectivity index (χ3v) is 2.31. The summed E-state index contributed by atoms with van der Waals surface area (Å²) >= 11 is 0. The summed E-state index contributed by atoms with van der Waals surface area (Å²) in [6, 6.07) is 0. The van der Waals surface area contributed by atoms with E-state index in [1.807, 2.05) is 6.92 Å². The van der Waals surface area contributed by atoms with Crippen LogP contribution in [0.15, 0.2) is 0 Å². The van der Waals surface area contributed by atoms with Gasteiger partial charge in [0, 0.05) is 34.9 Å². The molecule has 0 bridgehead atoms. The fourth-order valence-corrected chi connectivity index (χ4v) is 1.26. The van der Waals surface area contributed by atoms with Gasteiger partial charge < -0.3 is 18.9 Å². The van der Waals surface area contributed by atoms with Crippen molar-refractivity contribution >= 4 is 0 Å². The molecule has 0 rings (SSSR count). The Hall–Kier alpha value is -0.160. The molecular formula is C10H22O4. The summed E-state index contributed by atoms with van der Waals surface area (Å²) in [6.07, 6.45) is 1.65. The molecule has 0 aromatic heterocycles. The van der Waals surface area contributed by atoms with Gasteiger partial charge in [-0.1, -0.05) is 0 Å². The zero-order valence-corrected chi connectivity index (χ0v) is 9.78. The number of hydrogen-bond acceptors (Lipinski definition) is 4. The zero-order chi connectivity index (χ0) is 11.0. The second-order valence-corrected chi connectivity index (χ2v) is 3.28. The summed E-state index contributed by atoms with van der Waals surface area (Å²) in [4.78, 5) is 0. The molecule has 0 saturated carbocycles. The van der Waals surface area contributed by atoms with Gasteiger partial charge in [-0.15, -0.1) is 0 Å². The second-order valence-electron chi connectivity index (χ2n) is 3.28. The van der Waals surface area contributed by atoms with Crippen LogP contribution >= 0.6 is 0 Å². The summed E-state index contributed by atoms with van der Waals surface area (Å²) in [5.74, 6) is 0. The summed E-state index contributed by atoms with van der Waals surface area (Å²) in [7, 11) is 6.64. The lowest BCUT2D eigenvalue weighted by atomic mass is 10.1. The fraction of sp³-hybridized carbons (Fsp3) is 1.00. The molecule has 0 aliphatic carbocycles. The molecule has 0 unspecified atom stereocenters. The van der Waals surface area contributed by atoms with Crippen LogP contribution in [0.5, 0.6) is 0 Å². The first-order valence-electron chi connectivity index (χ1n) is 4.79. The molecule has 0 radical (unpaired) electrons. The number of methoxy groups -OCH3 is 4. The minimum atomic E-state index is -0.205. The van der Waals surface area contributed by atoms with Gasteiger partial charge in [0.25, 0.3) is 0 Å². The predicted molar refractivity (Wildman–Crippen MR) is 54.3 cm³/mol. The van der Waals surface area contributed by atoms with Crippen molar-refractivity contribution in [2.24, 2.45) is 0 Å². The van der Waals surface area contributed by atoms with Crippen LogP contribution in [0.1, 0.15) is 19.8 Å². The van der Waals surface area contributed by atoms with Gasteiger partial charge in [0.2, 0.25) is 0 Å². The van der Waals surface area contributed by atoms with Crippen LogP contribution in [0, 0.1) is 0 Å². The summed E-state index contributed by atoms with van der Waals surface area (Å²) in [5.41, 5.74) is 0. The van der Waals surface area contributed by atoms with Gasteiger partial charge in [0.05, 0.1) is 12.2 Å². The van der Waals surface area contributed by atoms with Gasteiger partial charge in [-0.05, 0) is 13.3 Å². The standard InChI is InChI=1S/C10H22O4/c1-8(11-2)6-9(12-3)7-10(13-4)14-5/h8-10H,6-7H2,1-5H3/t8-,9-/m0/s1. The molecule has 0 fully saturated rings. The molecule has 0 aliphatic heterocycles. The van der Waals surface area contributed by atoms with E-state index >= 15 is 0 Å². The van der Waals surface area contributed by atoms with Crippen molar-refractivity contribution in [2.45, 2.75) is 38.3 Å². The van der Waals surface area contributed by atoms with E-state index in [-0.39, 0.29) is 18.5 Å². The van der Waals surface area contributed by atoms with Crippen LogP contribution in [-0.4, -0.2) is 46.9 Å². The van der Waals surface area contributed by atoms with E-state index in [1.54, 1.807) is 28.4 Å². The second kappa shape index (κ2) is 8.17. The largest absolute Gasteiger partial charge is 0.382 e. The summed E-state index contributed by atoms with van der Waals surface area (Å²) in [5, 5.41) is 0. The minimum absolute atomic E-state index is 0.106. The quantitative estimate of drug-likeness (QED) is 0.563. The topological polar surface area (TPSA) is 36.9 Å². The van der Waals surface area contributed by atoms with E-state index in [0.29, 0.717) is 0 Å². The van der Waals surface area contributed by atoms with Crippen LogP contribution in [-0.2, 0) is 18.9 Å². The third kappa shape index (κ3) is 5.54. The maximum absolute atomic E-state index is 5.32. The van der Waals surface area contributed by atoms with Gasteiger partial charge in [-0.3, -0.25) is 0 Å². The Morgan fingerprint density at radius 2 is 1.36 bits per heavy atom. The van der Waals surface area contributed by atoms with E-state index in [2.05, 4.69) is 0 Å². The van der Waals surface area contributed by atoms with Crippen molar-refractivity contribution in [3.05, 3.63) is 0 Å². The molecule has 0 aliphatic rings. The lowest BCUT2D eigenvalue weighted by Crippen LogP contribution is -2.26. The maximum Gasteiger partial charge on any atom is 0.159 e. The van der Waals surface area contributed by atoms with Crippen molar-refractivity contribution in [2.75, 3.05) is 28.4 Å². The predicted octanol–water partition coefficient (Wildman–Crippen LogP) is 1.44.